The Balaban J connectivity index is 2.06. The van der Waals surface area contributed by atoms with Crippen molar-refractivity contribution in [1.82, 2.24) is 16.0 Å². The lowest BCUT2D eigenvalue weighted by molar-refractivity contribution is -0.131. The molecule has 0 fully saturated rings. The van der Waals surface area contributed by atoms with Crippen molar-refractivity contribution in [2.45, 2.75) is 83.8 Å². The SMILES string of the molecule is CC(C)(C)OC(=O)N[C@@H](Cc1ccccc1)[C@@H](O)CNCC(O)[C@@H](Cc1ccccc1)NC(=O)C(C)(C)CCO. The summed E-state index contributed by atoms with van der Waals surface area (Å²) in [7, 11) is 0. The molecule has 2 aromatic rings. The highest BCUT2D eigenvalue weighted by Gasteiger charge is 2.31. The van der Waals surface area contributed by atoms with Gasteiger partial charge in [0.1, 0.15) is 5.60 Å². The third-order valence-corrected chi connectivity index (χ3v) is 6.60. The predicted octanol–water partition coefficient (Wildman–Crippen LogP) is 2.57. The topological polar surface area (TPSA) is 140 Å². The molecular formula is C31H47N3O6. The first-order valence-corrected chi connectivity index (χ1v) is 13.9. The van der Waals surface area contributed by atoms with E-state index in [1.807, 2.05) is 60.7 Å². The molecule has 0 heterocycles. The first kappa shape index (κ1) is 33.2. The fraction of sp³-hybridized carbons (Fsp3) is 0.548. The molecule has 0 spiro atoms. The largest absolute Gasteiger partial charge is 0.444 e. The highest BCUT2D eigenvalue weighted by Crippen LogP contribution is 2.21. The molecule has 0 aliphatic heterocycles. The zero-order chi connectivity index (χ0) is 29.8. The average molecular weight is 558 g/mol. The molecule has 1 unspecified atom stereocenters. The maximum absolute atomic E-state index is 13.0. The summed E-state index contributed by atoms with van der Waals surface area (Å²) in [5.41, 5.74) is 0.416. The lowest BCUT2D eigenvalue weighted by Crippen LogP contribution is -2.54. The van der Waals surface area contributed by atoms with Crippen LogP contribution in [0, 0.1) is 5.41 Å². The normalized spacial score (nSPS) is 15.0. The number of benzene rings is 2. The summed E-state index contributed by atoms with van der Waals surface area (Å²) in [5.74, 6) is -0.258. The minimum absolute atomic E-state index is 0.0896. The summed E-state index contributed by atoms with van der Waals surface area (Å²) in [4.78, 5) is 25.4. The fourth-order valence-electron chi connectivity index (χ4n) is 4.18. The number of hydrogen-bond acceptors (Lipinski definition) is 7. The summed E-state index contributed by atoms with van der Waals surface area (Å²) < 4.78 is 5.39. The molecule has 2 rings (SSSR count). The first-order chi connectivity index (χ1) is 18.8. The maximum atomic E-state index is 13.0. The number of nitrogens with one attached hydrogen (secondary N) is 3. The molecule has 0 saturated heterocycles. The van der Waals surface area contributed by atoms with E-state index < -0.39 is 41.4 Å². The van der Waals surface area contributed by atoms with Crippen molar-refractivity contribution in [2.24, 2.45) is 5.41 Å². The van der Waals surface area contributed by atoms with Crippen molar-refractivity contribution in [1.29, 1.82) is 0 Å². The van der Waals surface area contributed by atoms with Crippen LogP contribution in [0.15, 0.2) is 60.7 Å². The smallest absolute Gasteiger partial charge is 0.407 e. The van der Waals surface area contributed by atoms with E-state index in [1.54, 1.807) is 34.6 Å². The molecule has 0 aliphatic carbocycles. The molecule has 40 heavy (non-hydrogen) atoms. The number of carbonyl (C=O) groups excluding carboxylic acids is 2. The molecule has 4 atom stereocenters. The minimum Gasteiger partial charge on any atom is -0.444 e. The maximum Gasteiger partial charge on any atom is 0.407 e. The average Bonchev–Trinajstić information content (AvgIpc) is 2.87. The van der Waals surface area contributed by atoms with Crippen LogP contribution in [0.5, 0.6) is 0 Å². The fourth-order valence-corrected chi connectivity index (χ4v) is 4.18. The molecule has 0 aromatic heterocycles. The number of aliphatic hydroxyl groups excluding tert-OH is 3. The highest BCUT2D eigenvalue weighted by atomic mass is 16.6. The van der Waals surface area contributed by atoms with Crippen LogP contribution in [0.25, 0.3) is 0 Å². The number of alkyl carbamates (subject to hydrolysis) is 1. The van der Waals surface area contributed by atoms with Gasteiger partial charge in [-0.1, -0.05) is 74.5 Å². The second kappa shape index (κ2) is 15.7. The Kier molecular flexibility index (Phi) is 13.1. The zero-order valence-corrected chi connectivity index (χ0v) is 24.4. The van der Waals surface area contributed by atoms with Gasteiger partial charge in [0, 0.05) is 25.1 Å². The Morgan fingerprint density at radius 1 is 0.775 bits per heavy atom. The standard InChI is InChI=1S/C31H47N3O6/c1-30(2,3)40-29(39)34-25(19-23-14-10-7-11-15-23)27(37)21-32-20-26(36)24(18-22-12-8-6-9-13-22)33-28(38)31(4,5)16-17-35/h6-15,24-27,32,35-37H,16-21H2,1-5H3,(H,33,38)(H,34,39)/t24-,25+,26?,27+/m1/s1. The van der Waals surface area contributed by atoms with Crippen LogP contribution in [0.2, 0.25) is 0 Å². The van der Waals surface area contributed by atoms with Gasteiger partial charge in [0.15, 0.2) is 0 Å². The van der Waals surface area contributed by atoms with Gasteiger partial charge in [0.25, 0.3) is 0 Å². The Hall–Kier alpha value is -2.98. The molecular weight excluding hydrogens is 510 g/mol. The van der Waals surface area contributed by atoms with E-state index in [2.05, 4.69) is 16.0 Å². The van der Waals surface area contributed by atoms with E-state index in [9.17, 15) is 24.9 Å². The van der Waals surface area contributed by atoms with Crippen LogP contribution in [0.4, 0.5) is 4.79 Å². The second-order valence-electron chi connectivity index (χ2n) is 11.9. The monoisotopic (exact) mass is 557 g/mol. The van der Waals surface area contributed by atoms with Crippen LogP contribution < -0.4 is 16.0 Å². The molecule has 0 bridgehead atoms. The van der Waals surface area contributed by atoms with E-state index in [4.69, 9.17) is 4.74 Å². The van der Waals surface area contributed by atoms with Gasteiger partial charge in [-0.2, -0.15) is 0 Å². The van der Waals surface area contributed by atoms with Gasteiger partial charge in [-0.15, -0.1) is 0 Å². The number of amides is 2. The van der Waals surface area contributed by atoms with E-state index in [0.29, 0.717) is 19.3 Å². The third kappa shape index (κ3) is 12.0. The number of ether oxygens (including phenoxy) is 1. The van der Waals surface area contributed by atoms with Crippen molar-refractivity contribution in [2.75, 3.05) is 19.7 Å². The molecule has 6 N–H and O–H groups in total. The van der Waals surface area contributed by atoms with Crippen molar-refractivity contribution >= 4 is 12.0 Å². The Morgan fingerprint density at radius 3 is 1.65 bits per heavy atom. The zero-order valence-electron chi connectivity index (χ0n) is 24.4. The van der Waals surface area contributed by atoms with Crippen LogP contribution in [-0.2, 0) is 22.4 Å². The molecule has 0 saturated carbocycles. The van der Waals surface area contributed by atoms with Crippen molar-refractivity contribution < 1.29 is 29.6 Å². The van der Waals surface area contributed by atoms with Gasteiger partial charge in [-0.05, 0) is 51.2 Å². The molecule has 0 radical (unpaired) electrons. The van der Waals surface area contributed by atoms with Gasteiger partial charge in [0.05, 0.1) is 24.3 Å². The number of rotatable bonds is 15. The lowest BCUT2D eigenvalue weighted by Gasteiger charge is -2.30. The third-order valence-electron chi connectivity index (χ3n) is 6.60. The van der Waals surface area contributed by atoms with E-state index >= 15 is 0 Å². The van der Waals surface area contributed by atoms with Crippen molar-refractivity contribution in [3.05, 3.63) is 71.8 Å². The van der Waals surface area contributed by atoms with Gasteiger partial charge in [-0.3, -0.25) is 4.79 Å². The summed E-state index contributed by atoms with van der Waals surface area (Å²) in [5, 5.41) is 40.3. The summed E-state index contributed by atoms with van der Waals surface area (Å²) in [6.45, 7) is 8.89. The van der Waals surface area contributed by atoms with E-state index in [0.717, 1.165) is 11.1 Å². The predicted molar refractivity (Wildman–Crippen MR) is 156 cm³/mol. The van der Waals surface area contributed by atoms with Gasteiger partial charge in [-0.25, -0.2) is 4.79 Å². The van der Waals surface area contributed by atoms with E-state index in [-0.39, 0.29) is 25.6 Å². The van der Waals surface area contributed by atoms with Crippen LogP contribution in [0.3, 0.4) is 0 Å². The quantitative estimate of drug-likeness (QED) is 0.198. The molecule has 9 nitrogen and oxygen atoms in total. The van der Waals surface area contributed by atoms with E-state index in [1.165, 1.54) is 0 Å². The Labute approximate surface area is 238 Å². The molecule has 222 valence electrons. The van der Waals surface area contributed by atoms with Gasteiger partial charge in [0.2, 0.25) is 5.91 Å². The first-order valence-electron chi connectivity index (χ1n) is 13.9. The number of hydrogen-bond donors (Lipinski definition) is 6. The summed E-state index contributed by atoms with van der Waals surface area (Å²) >= 11 is 0. The molecule has 2 aromatic carbocycles. The molecule has 0 aliphatic rings. The summed E-state index contributed by atoms with van der Waals surface area (Å²) in [6.07, 6.45) is -1.48. The Bertz CT molecular complexity index is 1030. The number of aliphatic hydroxyl groups is 3. The lowest BCUT2D eigenvalue weighted by atomic mass is 9.87. The van der Waals surface area contributed by atoms with Gasteiger partial charge < -0.3 is 36.0 Å². The molecule has 9 heteroatoms. The van der Waals surface area contributed by atoms with Crippen LogP contribution >= 0.6 is 0 Å². The number of carbonyl (C=O) groups is 2. The van der Waals surface area contributed by atoms with Crippen LogP contribution in [0.1, 0.15) is 52.2 Å². The van der Waals surface area contributed by atoms with Gasteiger partial charge >= 0.3 is 6.09 Å². The van der Waals surface area contributed by atoms with Crippen LogP contribution in [-0.4, -0.2) is 76.9 Å². The van der Waals surface area contributed by atoms with Crippen molar-refractivity contribution in [3.8, 4) is 0 Å². The van der Waals surface area contributed by atoms with Crippen molar-refractivity contribution in [3.63, 3.8) is 0 Å². The summed E-state index contributed by atoms with van der Waals surface area (Å²) in [6, 6.07) is 17.8. The second-order valence-corrected chi connectivity index (χ2v) is 11.9. The molecule has 2 amide bonds. The Morgan fingerprint density at radius 2 is 1.23 bits per heavy atom. The minimum atomic E-state index is -0.981. The highest BCUT2D eigenvalue weighted by molar-refractivity contribution is 5.82.